The van der Waals surface area contributed by atoms with Gasteiger partial charge in [0.25, 0.3) is 0 Å². The van der Waals surface area contributed by atoms with Crippen LogP contribution >= 0.6 is 0 Å². The van der Waals surface area contributed by atoms with Crippen molar-refractivity contribution in [2.75, 3.05) is 0 Å². The van der Waals surface area contributed by atoms with Crippen LogP contribution in [0.1, 0.15) is 27.7 Å². The van der Waals surface area contributed by atoms with Gasteiger partial charge in [-0.3, -0.25) is 0 Å². The molecule has 0 saturated carbocycles. The van der Waals surface area contributed by atoms with Gasteiger partial charge >= 0.3 is 7.12 Å². The van der Waals surface area contributed by atoms with E-state index in [2.05, 4.69) is 76.2 Å². The Hall–Kier alpha value is -2.56. The van der Waals surface area contributed by atoms with Crippen LogP contribution in [0.25, 0.3) is 43.5 Å². The van der Waals surface area contributed by atoms with Crippen LogP contribution in [0.15, 0.2) is 59.0 Å². The van der Waals surface area contributed by atoms with E-state index >= 15 is 0 Å². The lowest BCUT2D eigenvalue weighted by Gasteiger charge is -2.32. The molecule has 3 nitrogen and oxygen atoms in total. The van der Waals surface area contributed by atoms with Crippen molar-refractivity contribution < 1.29 is 13.7 Å². The molecular weight excluding hydrogens is 347 g/mol. The fourth-order valence-corrected chi connectivity index (χ4v) is 4.47. The molecule has 6 rings (SSSR count). The van der Waals surface area contributed by atoms with Crippen molar-refractivity contribution >= 4 is 56.1 Å². The number of fused-ring (bicyclic) bond motifs is 3. The van der Waals surface area contributed by atoms with Gasteiger partial charge in [-0.25, -0.2) is 0 Å². The first kappa shape index (κ1) is 16.4. The monoisotopic (exact) mass is 368 g/mol. The van der Waals surface area contributed by atoms with Gasteiger partial charge in [-0.05, 0) is 66.8 Å². The molecule has 1 aliphatic rings. The number of benzene rings is 4. The molecule has 4 heteroatoms. The topological polar surface area (TPSA) is 31.6 Å². The maximum atomic E-state index is 6.31. The standard InChI is InChI=1S/C24H21BO3/c1-23(2)24(3,4)28-25(27-23)14-12-18-16-9-6-5-8-15(16)17-10-7-11-19-21(17)22(18)20(13-14)26-19/h5-13H,1-4H3. The Balaban J connectivity index is 1.71. The number of hydrogen-bond donors (Lipinski definition) is 0. The molecule has 0 unspecified atom stereocenters. The first-order chi connectivity index (χ1) is 13.4. The van der Waals surface area contributed by atoms with E-state index < -0.39 is 7.12 Å². The maximum absolute atomic E-state index is 6.31. The molecule has 0 bridgehead atoms. The summed E-state index contributed by atoms with van der Waals surface area (Å²) in [6, 6.07) is 19.2. The van der Waals surface area contributed by atoms with E-state index in [-0.39, 0.29) is 11.2 Å². The third-order valence-electron chi connectivity index (χ3n) is 6.65. The molecule has 0 amide bonds. The lowest BCUT2D eigenvalue weighted by atomic mass is 9.77. The molecule has 138 valence electrons. The molecule has 0 radical (unpaired) electrons. The molecule has 2 heterocycles. The lowest BCUT2D eigenvalue weighted by molar-refractivity contribution is 0.00578. The third-order valence-corrected chi connectivity index (χ3v) is 6.65. The van der Waals surface area contributed by atoms with Gasteiger partial charge in [0.15, 0.2) is 0 Å². The zero-order chi connectivity index (χ0) is 19.3. The summed E-state index contributed by atoms with van der Waals surface area (Å²) < 4.78 is 18.9. The SMILES string of the molecule is CC1(C)OB(c2cc3oc4cccc5c6ccccc6c(c2)c3c45)OC1(C)C. The molecule has 0 spiro atoms. The van der Waals surface area contributed by atoms with Crippen LogP contribution in [0.3, 0.4) is 0 Å². The average molecular weight is 368 g/mol. The summed E-state index contributed by atoms with van der Waals surface area (Å²) in [6.45, 7) is 8.33. The van der Waals surface area contributed by atoms with Crippen LogP contribution in [-0.2, 0) is 9.31 Å². The highest BCUT2D eigenvalue weighted by atomic mass is 16.7. The van der Waals surface area contributed by atoms with E-state index in [1.807, 2.05) is 6.07 Å². The summed E-state index contributed by atoms with van der Waals surface area (Å²) in [5.74, 6) is 0. The van der Waals surface area contributed by atoms with E-state index in [0.29, 0.717) is 0 Å². The smallest absolute Gasteiger partial charge is 0.456 e. The molecule has 4 aromatic carbocycles. The molecule has 28 heavy (non-hydrogen) atoms. The summed E-state index contributed by atoms with van der Waals surface area (Å²) in [6.07, 6.45) is 0. The summed E-state index contributed by atoms with van der Waals surface area (Å²) >= 11 is 0. The van der Waals surface area contributed by atoms with Crippen molar-refractivity contribution in [1.29, 1.82) is 0 Å². The first-order valence-corrected chi connectivity index (χ1v) is 9.80. The van der Waals surface area contributed by atoms with Gasteiger partial charge in [-0.1, -0.05) is 42.5 Å². The van der Waals surface area contributed by atoms with Gasteiger partial charge in [-0.2, -0.15) is 0 Å². The van der Waals surface area contributed by atoms with Gasteiger partial charge in [-0.15, -0.1) is 0 Å². The van der Waals surface area contributed by atoms with Crippen LogP contribution in [-0.4, -0.2) is 18.3 Å². The Morgan fingerprint density at radius 3 is 1.96 bits per heavy atom. The summed E-state index contributed by atoms with van der Waals surface area (Å²) in [5.41, 5.74) is 2.07. The molecule has 1 aliphatic heterocycles. The summed E-state index contributed by atoms with van der Waals surface area (Å²) in [4.78, 5) is 0. The average Bonchev–Trinajstić information content (AvgIpc) is 3.14. The predicted molar refractivity (Wildman–Crippen MR) is 116 cm³/mol. The Morgan fingerprint density at radius 2 is 1.25 bits per heavy atom. The van der Waals surface area contributed by atoms with Crippen LogP contribution in [0.4, 0.5) is 0 Å². The molecule has 1 aromatic heterocycles. The van der Waals surface area contributed by atoms with Gasteiger partial charge in [0.05, 0.1) is 11.2 Å². The van der Waals surface area contributed by atoms with Crippen molar-refractivity contribution in [3.8, 4) is 0 Å². The normalized spacial score (nSPS) is 18.9. The van der Waals surface area contributed by atoms with Crippen molar-refractivity contribution in [1.82, 2.24) is 0 Å². The Labute approximate surface area is 163 Å². The van der Waals surface area contributed by atoms with E-state index in [4.69, 9.17) is 13.7 Å². The van der Waals surface area contributed by atoms with Crippen LogP contribution in [0.2, 0.25) is 0 Å². The first-order valence-electron chi connectivity index (χ1n) is 9.80. The van der Waals surface area contributed by atoms with Crippen molar-refractivity contribution in [2.24, 2.45) is 0 Å². The van der Waals surface area contributed by atoms with Gasteiger partial charge in [0, 0.05) is 10.8 Å². The molecule has 1 fully saturated rings. The van der Waals surface area contributed by atoms with E-state index in [9.17, 15) is 0 Å². The second kappa shape index (κ2) is 5.08. The van der Waals surface area contributed by atoms with E-state index in [1.54, 1.807) is 0 Å². The van der Waals surface area contributed by atoms with Crippen LogP contribution in [0.5, 0.6) is 0 Å². The second-order valence-corrected chi connectivity index (χ2v) is 8.86. The van der Waals surface area contributed by atoms with Crippen molar-refractivity contribution in [3.05, 3.63) is 54.6 Å². The predicted octanol–water partition coefficient (Wildman–Crippen LogP) is 5.63. The Kier molecular flexibility index (Phi) is 2.97. The van der Waals surface area contributed by atoms with Gasteiger partial charge < -0.3 is 13.7 Å². The van der Waals surface area contributed by atoms with Crippen LogP contribution in [0, 0.1) is 0 Å². The molecule has 1 saturated heterocycles. The Morgan fingerprint density at radius 1 is 0.643 bits per heavy atom. The highest BCUT2D eigenvalue weighted by Gasteiger charge is 2.51. The van der Waals surface area contributed by atoms with E-state index in [1.165, 1.54) is 32.3 Å². The number of rotatable bonds is 1. The molecule has 5 aromatic rings. The largest absolute Gasteiger partial charge is 0.494 e. The van der Waals surface area contributed by atoms with Gasteiger partial charge in [0.2, 0.25) is 0 Å². The van der Waals surface area contributed by atoms with Crippen LogP contribution < -0.4 is 5.46 Å². The molecule has 0 N–H and O–H groups in total. The zero-order valence-electron chi connectivity index (χ0n) is 16.5. The molecular formula is C24H21BO3. The summed E-state index contributed by atoms with van der Waals surface area (Å²) in [5, 5.41) is 7.29. The summed E-state index contributed by atoms with van der Waals surface area (Å²) in [7, 11) is -0.410. The quantitative estimate of drug-likeness (QED) is 0.284. The van der Waals surface area contributed by atoms with Crippen molar-refractivity contribution in [3.63, 3.8) is 0 Å². The minimum absolute atomic E-state index is 0.372. The fraction of sp³-hybridized carbons (Fsp3) is 0.250. The highest BCUT2D eigenvalue weighted by Crippen LogP contribution is 2.42. The minimum Gasteiger partial charge on any atom is -0.456 e. The molecule has 0 aliphatic carbocycles. The number of hydrogen-bond acceptors (Lipinski definition) is 3. The highest BCUT2D eigenvalue weighted by molar-refractivity contribution is 6.63. The van der Waals surface area contributed by atoms with E-state index in [0.717, 1.165) is 16.6 Å². The Bertz CT molecular complexity index is 1360. The third kappa shape index (κ3) is 1.97. The minimum atomic E-state index is -0.410. The van der Waals surface area contributed by atoms with Crippen molar-refractivity contribution in [2.45, 2.75) is 38.9 Å². The zero-order valence-corrected chi connectivity index (χ0v) is 16.5. The van der Waals surface area contributed by atoms with Gasteiger partial charge in [0.1, 0.15) is 11.2 Å². The molecule has 0 atom stereocenters. The fourth-order valence-electron chi connectivity index (χ4n) is 4.47. The maximum Gasteiger partial charge on any atom is 0.494 e. The lowest BCUT2D eigenvalue weighted by Crippen LogP contribution is -2.41. The number of furan rings is 1. The second-order valence-electron chi connectivity index (χ2n) is 8.86.